The third-order valence-electron chi connectivity index (χ3n) is 5.66. The Hall–Kier alpha value is -3.40. The molecule has 0 spiro atoms. The van der Waals surface area contributed by atoms with Crippen LogP contribution >= 0.6 is 0 Å². The number of amides is 1. The Balaban J connectivity index is 1.77. The van der Waals surface area contributed by atoms with Crippen LogP contribution in [0.15, 0.2) is 33.9 Å². The summed E-state index contributed by atoms with van der Waals surface area (Å²) < 4.78 is 2.91. The molecule has 0 radical (unpaired) electrons. The number of hydrogen-bond donors (Lipinski definition) is 4. The molecule has 2 aromatic heterocycles. The maximum absolute atomic E-state index is 12.9. The van der Waals surface area contributed by atoms with Crippen LogP contribution in [-0.4, -0.2) is 44.6 Å². The molecule has 184 valence electrons. The summed E-state index contributed by atoms with van der Waals surface area (Å²) in [6, 6.07) is 7.86. The SMILES string of the molecule is CCCn1c(=O)c2nc(C(C)Cc3ccc(NCC(=O)NCCN)cc3)[nH]c2n(CCC)c1=O. The fourth-order valence-electron chi connectivity index (χ4n) is 3.93. The number of carbonyl (C=O) groups is 1. The molecule has 2 heterocycles. The lowest BCUT2D eigenvalue weighted by molar-refractivity contribution is -0.119. The quantitative estimate of drug-likeness (QED) is 0.317. The predicted molar refractivity (Wildman–Crippen MR) is 134 cm³/mol. The molecule has 0 saturated carbocycles. The number of anilines is 1. The Kier molecular flexibility index (Phi) is 8.64. The molecule has 5 N–H and O–H groups in total. The van der Waals surface area contributed by atoms with E-state index in [-0.39, 0.29) is 29.6 Å². The Morgan fingerprint density at radius 3 is 2.44 bits per heavy atom. The molecule has 0 fully saturated rings. The Labute approximate surface area is 198 Å². The molecule has 0 aliphatic rings. The number of rotatable bonds is 12. The molecule has 3 aromatic rings. The number of carbonyl (C=O) groups excluding carboxylic acids is 1. The zero-order valence-electron chi connectivity index (χ0n) is 20.2. The van der Waals surface area contributed by atoms with Gasteiger partial charge >= 0.3 is 5.69 Å². The van der Waals surface area contributed by atoms with E-state index in [2.05, 4.69) is 20.6 Å². The number of benzene rings is 1. The van der Waals surface area contributed by atoms with Crippen molar-refractivity contribution >= 4 is 22.8 Å². The Morgan fingerprint density at radius 1 is 1.12 bits per heavy atom. The number of aromatic amines is 1. The van der Waals surface area contributed by atoms with Crippen molar-refractivity contribution in [2.24, 2.45) is 5.73 Å². The van der Waals surface area contributed by atoms with Gasteiger partial charge in [-0.15, -0.1) is 0 Å². The molecular formula is C24H35N7O3. The molecule has 1 atom stereocenters. The lowest BCUT2D eigenvalue weighted by Crippen LogP contribution is -2.40. The van der Waals surface area contributed by atoms with Gasteiger partial charge in [-0.3, -0.25) is 18.7 Å². The topological polar surface area (TPSA) is 140 Å². The number of nitrogens with one attached hydrogen (secondary N) is 3. The highest BCUT2D eigenvalue weighted by atomic mass is 16.2. The van der Waals surface area contributed by atoms with Crippen molar-refractivity contribution in [1.82, 2.24) is 24.4 Å². The van der Waals surface area contributed by atoms with E-state index in [4.69, 9.17) is 5.73 Å². The van der Waals surface area contributed by atoms with Crippen molar-refractivity contribution in [3.05, 3.63) is 56.5 Å². The summed E-state index contributed by atoms with van der Waals surface area (Å²) in [5.74, 6) is 0.592. The number of imidazole rings is 1. The molecule has 0 saturated heterocycles. The van der Waals surface area contributed by atoms with E-state index in [1.807, 2.05) is 45.0 Å². The number of nitrogens with zero attached hydrogens (tertiary/aromatic N) is 3. The lowest BCUT2D eigenvalue weighted by atomic mass is 10.0. The van der Waals surface area contributed by atoms with Gasteiger partial charge in [-0.2, -0.15) is 0 Å². The van der Waals surface area contributed by atoms with E-state index >= 15 is 0 Å². The van der Waals surface area contributed by atoms with E-state index in [0.29, 0.717) is 56.0 Å². The number of hydrogen-bond acceptors (Lipinski definition) is 6. The molecule has 1 aromatic carbocycles. The minimum atomic E-state index is -0.338. The molecule has 1 unspecified atom stereocenters. The molecule has 10 heteroatoms. The second kappa shape index (κ2) is 11.6. The molecule has 1 amide bonds. The Morgan fingerprint density at radius 2 is 1.79 bits per heavy atom. The summed E-state index contributed by atoms with van der Waals surface area (Å²) in [4.78, 5) is 45.4. The lowest BCUT2D eigenvalue weighted by Gasteiger charge is -2.11. The van der Waals surface area contributed by atoms with E-state index in [1.54, 1.807) is 4.57 Å². The normalized spacial score (nSPS) is 12.1. The molecule has 0 bridgehead atoms. The molecule has 10 nitrogen and oxygen atoms in total. The van der Waals surface area contributed by atoms with Crippen molar-refractivity contribution < 1.29 is 4.79 Å². The molecule has 34 heavy (non-hydrogen) atoms. The van der Waals surface area contributed by atoms with E-state index < -0.39 is 0 Å². The summed E-state index contributed by atoms with van der Waals surface area (Å²) in [6.07, 6.45) is 2.18. The van der Waals surface area contributed by atoms with Crippen LogP contribution in [0.5, 0.6) is 0 Å². The van der Waals surface area contributed by atoms with Gasteiger partial charge in [0.25, 0.3) is 5.56 Å². The maximum Gasteiger partial charge on any atom is 0.332 e. The highest BCUT2D eigenvalue weighted by molar-refractivity contribution is 5.80. The third-order valence-corrected chi connectivity index (χ3v) is 5.66. The van der Waals surface area contributed by atoms with Gasteiger partial charge in [0.1, 0.15) is 11.5 Å². The van der Waals surface area contributed by atoms with Crippen LogP contribution in [0.25, 0.3) is 11.2 Å². The van der Waals surface area contributed by atoms with Gasteiger partial charge < -0.3 is 21.4 Å². The van der Waals surface area contributed by atoms with Crippen molar-refractivity contribution in [3.63, 3.8) is 0 Å². The largest absolute Gasteiger partial charge is 0.376 e. The number of aromatic nitrogens is 4. The van der Waals surface area contributed by atoms with Crippen molar-refractivity contribution in [3.8, 4) is 0 Å². The zero-order valence-corrected chi connectivity index (χ0v) is 20.2. The van der Waals surface area contributed by atoms with Crippen LogP contribution in [0, 0.1) is 0 Å². The number of fused-ring (bicyclic) bond motifs is 1. The van der Waals surface area contributed by atoms with E-state index in [1.165, 1.54) is 4.57 Å². The maximum atomic E-state index is 12.9. The van der Waals surface area contributed by atoms with Crippen LogP contribution < -0.4 is 27.6 Å². The van der Waals surface area contributed by atoms with Crippen molar-refractivity contribution in [2.75, 3.05) is 25.0 Å². The summed E-state index contributed by atoms with van der Waals surface area (Å²) in [6.45, 7) is 7.93. The van der Waals surface area contributed by atoms with Gasteiger partial charge in [0.2, 0.25) is 5.91 Å². The minimum Gasteiger partial charge on any atom is -0.376 e. The average molecular weight is 470 g/mol. The molecule has 0 aliphatic carbocycles. The van der Waals surface area contributed by atoms with Crippen molar-refractivity contribution in [1.29, 1.82) is 0 Å². The average Bonchev–Trinajstić information content (AvgIpc) is 3.28. The number of aryl methyl sites for hydroxylation is 1. The smallest absolute Gasteiger partial charge is 0.332 e. The molecular weight excluding hydrogens is 434 g/mol. The second-order valence-electron chi connectivity index (χ2n) is 8.50. The van der Waals surface area contributed by atoms with Gasteiger partial charge in [0, 0.05) is 37.8 Å². The first-order valence-electron chi connectivity index (χ1n) is 11.9. The van der Waals surface area contributed by atoms with E-state index in [0.717, 1.165) is 17.7 Å². The molecule has 0 aliphatic heterocycles. The summed E-state index contributed by atoms with van der Waals surface area (Å²) in [7, 11) is 0. The fourth-order valence-corrected chi connectivity index (χ4v) is 3.93. The molecule has 3 rings (SSSR count). The third kappa shape index (κ3) is 5.74. The monoisotopic (exact) mass is 469 g/mol. The van der Waals surface area contributed by atoms with Crippen LogP contribution in [0.4, 0.5) is 5.69 Å². The first-order chi connectivity index (χ1) is 16.4. The highest BCUT2D eigenvalue weighted by Gasteiger charge is 2.19. The van der Waals surface area contributed by atoms with Gasteiger partial charge in [-0.05, 0) is 37.0 Å². The van der Waals surface area contributed by atoms with Gasteiger partial charge in [0.05, 0.1) is 6.54 Å². The highest BCUT2D eigenvalue weighted by Crippen LogP contribution is 2.21. The van der Waals surface area contributed by atoms with Crippen LogP contribution in [0.2, 0.25) is 0 Å². The first-order valence-corrected chi connectivity index (χ1v) is 11.9. The van der Waals surface area contributed by atoms with Crippen molar-refractivity contribution in [2.45, 2.75) is 59.0 Å². The first kappa shape index (κ1) is 25.2. The van der Waals surface area contributed by atoms with Gasteiger partial charge in [-0.25, -0.2) is 9.78 Å². The minimum absolute atomic E-state index is 0.0115. The zero-order chi connectivity index (χ0) is 24.7. The number of nitrogens with two attached hydrogens (primary N) is 1. The van der Waals surface area contributed by atoms with Crippen LogP contribution in [0.1, 0.15) is 50.9 Å². The van der Waals surface area contributed by atoms with Crippen LogP contribution in [-0.2, 0) is 24.3 Å². The van der Waals surface area contributed by atoms with Gasteiger partial charge in [0.15, 0.2) is 5.52 Å². The fraction of sp³-hybridized carbons (Fsp3) is 0.500. The standard InChI is InChI=1S/C24H35N7O3/c1-4-12-30-22-20(23(33)31(13-5-2)24(30)34)28-21(29-22)16(3)14-17-6-8-18(9-7-17)27-15-19(32)26-11-10-25/h6-9,16,27H,4-5,10-15,25H2,1-3H3,(H,26,32)(H,28,29). The Bertz CT molecular complexity index is 1220. The van der Waals surface area contributed by atoms with Gasteiger partial charge in [-0.1, -0.05) is 32.9 Å². The predicted octanol–water partition coefficient (Wildman–Crippen LogP) is 1.54. The summed E-state index contributed by atoms with van der Waals surface area (Å²) in [5.41, 5.74) is 7.52. The number of H-pyrrole nitrogens is 1. The summed E-state index contributed by atoms with van der Waals surface area (Å²) in [5, 5.41) is 5.80. The van der Waals surface area contributed by atoms with Crippen LogP contribution in [0.3, 0.4) is 0 Å². The van der Waals surface area contributed by atoms with E-state index in [9.17, 15) is 14.4 Å². The summed E-state index contributed by atoms with van der Waals surface area (Å²) >= 11 is 0. The second-order valence-corrected chi connectivity index (χ2v) is 8.50.